The normalized spacial score (nSPS) is 17.0. The highest BCUT2D eigenvalue weighted by Gasteiger charge is 2.20. The zero-order valence-electron chi connectivity index (χ0n) is 6.41. The van der Waals surface area contributed by atoms with Crippen LogP contribution in [0, 0.1) is 0 Å². The molecule has 11 heavy (non-hydrogen) atoms. The average molecular weight is 170 g/mol. The van der Waals surface area contributed by atoms with E-state index in [1.807, 2.05) is 11.2 Å². The summed E-state index contributed by atoms with van der Waals surface area (Å²) in [6, 6.07) is 0. The van der Waals surface area contributed by atoms with Gasteiger partial charge in [0.05, 0.1) is 0 Å². The number of hydrogen-bond donors (Lipinski definition) is 0. The minimum atomic E-state index is -0.0591. The Kier molecular flexibility index (Phi) is 2.70. The van der Waals surface area contributed by atoms with Crippen LogP contribution in [0.2, 0.25) is 0 Å². The topological polar surface area (TPSA) is 32.7 Å². The maximum Gasteiger partial charge on any atom is 0.267 e. The molecule has 0 aromatic rings. The first-order valence-corrected chi connectivity index (χ1v) is 4.51. The summed E-state index contributed by atoms with van der Waals surface area (Å²) in [6.07, 6.45) is 3.68. The Balaban J connectivity index is 2.62. The van der Waals surface area contributed by atoms with Crippen LogP contribution in [-0.4, -0.2) is 35.3 Å². The van der Waals surface area contributed by atoms with E-state index in [1.165, 1.54) is 11.8 Å². The molecule has 0 saturated heterocycles. The monoisotopic (exact) mass is 170 g/mol. The van der Waals surface area contributed by atoms with E-state index in [0.29, 0.717) is 13.1 Å². The van der Waals surface area contributed by atoms with Gasteiger partial charge in [-0.2, -0.15) is 4.99 Å². The number of amidine groups is 1. The van der Waals surface area contributed by atoms with Crippen LogP contribution in [0.15, 0.2) is 17.6 Å². The van der Waals surface area contributed by atoms with E-state index >= 15 is 0 Å². The van der Waals surface area contributed by atoms with Crippen molar-refractivity contribution >= 4 is 22.8 Å². The van der Waals surface area contributed by atoms with Crippen molar-refractivity contribution in [1.29, 1.82) is 0 Å². The molecule has 0 radical (unpaired) electrons. The molecule has 0 aliphatic carbocycles. The number of carbonyl (C=O) groups is 1. The van der Waals surface area contributed by atoms with Gasteiger partial charge in [0, 0.05) is 6.54 Å². The van der Waals surface area contributed by atoms with Gasteiger partial charge in [-0.05, 0) is 6.26 Å². The number of rotatable bonds is 2. The summed E-state index contributed by atoms with van der Waals surface area (Å²) < 4.78 is 0. The van der Waals surface area contributed by atoms with Gasteiger partial charge in [-0.25, -0.2) is 0 Å². The van der Waals surface area contributed by atoms with Crippen molar-refractivity contribution in [2.75, 3.05) is 19.3 Å². The maximum absolute atomic E-state index is 10.8. The van der Waals surface area contributed by atoms with E-state index in [-0.39, 0.29) is 5.91 Å². The molecule has 3 nitrogen and oxygen atoms in total. The van der Waals surface area contributed by atoms with Crippen LogP contribution in [0.25, 0.3) is 0 Å². The molecule has 1 aliphatic heterocycles. The number of hydrogen-bond acceptors (Lipinski definition) is 3. The minimum absolute atomic E-state index is 0.0591. The molecule has 0 unspecified atom stereocenters. The van der Waals surface area contributed by atoms with Gasteiger partial charge in [0.25, 0.3) is 5.91 Å². The molecular formula is C7H10N2OS. The van der Waals surface area contributed by atoms with Crippen LogP contribution < -0.4 is 0 Å². The van der Waals surface area contributed by atoms with Gasteiger partial charge in [-0.1, -0.05) is 17.8 Å². The number of aliphatic imine (C=N–C) groups is 1. The number of amides is 1. The lowest BCUT2D eigenvalue weighted by molar-refractivity contribution is -0.117. The van der Waals surface area contributed by atoms with E-state index in [9.17, 15) is 4.79 Å². The summed E-state index contributed by atoms with van der Waals surface area (Å²) in [6.45, 7) is 4.71. The predicted molar refractivity (Wildman–Crippen MR) is 47.7 cm³/mol. The fraction of sp³-hybridized carbons (Fsp3) is 0.429. The smallest absolute Gasteiger partial charge is 0.267 e. The maximum atomic E-state index is 10.8. The molecule has 60 valence electrons. The molecule has 0 saturated carbocycles. The third kappa shape index (κ3) is 1.83. The van der Waals surface area contributed by atoms with Gasteiger partial charge in [0.1, 0.15) is 6.54 Å². The van der Waals surface area contributed by atoms with Crippen LogP contribution >= 0.6 is 11.8 Å². The number of carbonyl (C=O) groups excluding carboxylic acids is 1. The second-order valence-electron chi connectivity index (χ2n) is 2.16. The summed E-state index contributed by atoms with van der Waals surface area (Å²) in [5, 5.41) is 0.801. The zero-order valence-corrected chi connectivity index (χ0v) is 7.23. The molecular weight excluding hydrogens is 160 g/mol. The molecule has 0 fully saturated rings. The molecule has 0 aromatic carbocycles. The van der Waals surface area contributed by atoms with Crippen molar-refractivity contribution in [3.63, 3.8) is 0 Å². The van der Waals surface area contributed by atoms with Crippen LogP contribution in [-0.2, 0) is 4.79 Å². The lowest BCUT2D eigenvalue weighted by Gasteiger charge is -2.14. The Morgan fingerprint density at radius 1 is 1.91 bits per heavy atom. The molecule has 1 amide bonds. The van der Waals surface area contributed by atoms with Crippen molar-refractivity contribution in [2.24, 2.45) is 4.99 Å². The minimum Gasteiger partial charge on any atom is -0.338 e. The van der Waals surface area contributed by atoms with Gasteiger partial charge >= 0.3 is 0 Å². The predicted octanol–water partition coefficient (Wildman–Crippen LogP) is 0.734. The van der Waals surface area contributed by atoms with Gasteiger partial charge in [0.15, 0.2) is 5.17 Å². The summed E-state index contributed by atoms with van der Waals surface area (Å²) in [7, 11) is 0. The summed E-state index contributed by atoms with van der Waals surface area (Å²) >= 11 is 1.49. The molecule has 0 N–H and O–H groups in total. The summed E-state index contributed by atoms with van der Waals surface area (Å²) in [4.78, 5) is 16.5. The largest absolute Gasteiger partial charge is 0.338 e. The number of nitrogens with zero attached hydrogens (tertiary/aromatic N) is 2. The first-order valence-electron chi connectivity index (χ1n) is 3.29. The standard InChI is InChI=1S/C7H10N2OS/c1-3-4-9-5-6(10)8-7(9)11-2/h3H,1,4-5H2,2H3. The molecule has 0 atom stereocenters. The Labute approximate surface area is 70.2 Å². The van der Waals surface area contributed by atoms with Crippen LogP contribution in [0.1, 0.15) is 0 Å². The van der Waals surface area contributed by atoms with Crippen molar-refractivity contribution in [3.8, 4) is 0 Å². The van der Waals surface area contributed by atoms with Crippen molar-refractivity contribution < 1.29 is 4.79 Å². The highest BCUT2D eigenvalue weighted by Crippen LogP contribution is 2.11. The molecule has 0 bridgehead atoms. The highest BCUT2D eigenvalue weighted by molar-refractivity contribution is 8.13. The summed E-state index contributed by atoms with van der Waals surface area (Å²) in [5.41, 5.74) is 0. The quantitative estimate of drug-likeness (QED) is 0.573. The van der Waals surface area contributed by atoms with Gasteiger partial charge in [0.2, 0.25) is 0 Å². The van der Waals surface area contributed by atoms with E-state index < -0.39 is 0 Å². The van der Waals surface area contributed by atoms with Gasteiger partial charge in [-0.15, -0.1) is 6.58 Å². The molecule has 1 heterocycles. The van der Waals surface area contributed by atoms with E-state index in [2.05, 4.69) is 11.6 Å². The lowest BCUT2D eigenvalue weighted by Crippen LogP contribution is -2.26. The average Bonchev–Trinajstić information content (AvgIpc) is 2.32. The zero-order chi connectivity index (χ0) is 8.27. The Morgan fingerprint density at radius 2 is 2.64 bits per heavy atom. The van der Waals surface area contributed by atoms with Crippen molar-refractivity contribution in [3.05, 3.63) is 12.7 Å². The third-order valence-corrected chi connectivity index (χ3v) is 2.06. The molecule has 4 heteroatoms. The van der Waals surface area contributed by atoms with Crippen LogP contribution in [0.5, 0.6) is 0 Å². The Hall–Kier alpha value is -0.770. The molecule has 1 aliphatic rings. The van der Waals surface area contributed by atoms with Crippen LogP contribution in [0.4, 0.5) is 0 Å². The highest BCUT2D eigenvalue weighted by atomic mass is 32.2. The molecule has 0 aromatic heterocycles. The Morgan fingerprint density at radius 3 is 3.18 bits per heavy atom. The second-order valence-corrected chi connectivity index (χ2v) is 2.93. The summed E-state index contributed by atoms with van der Waals surface area (Å²) in [5.74, 6) is -0.0591. The second kappa shape index (κ2) is 3.57. The van der Waals surface area contributed by atoms with E-state index in [4.69, 9.17) is 0 Å². The first-order chi connectivity index (χ1) is 5.27. The van der Waals surface area contributed by atoms with Crippen molar-refractivity contribution in [1.82, 2.24) is 4.90 Å². The van der Waals surface area contributed by atoms with Crippen molar-refractivity contribution in [2.45, 2.75) is 0 Å². The first kappa shape index (κ1) is 8.33. The van der Waals surface area contributed by atoms with Gasteiger partial charge < -0.3 is 4.90 Å². The van der Waals surface area contributed by atoms with E-state index in [1.54, 1.807) is 6.08 Å². The Bertz CT molecular complexity index is 212. The fourth-order valence-electron chi connectivity index (χ4n) is 0.917. The van der Waals surface area contributed by atoms with Gasteiger partial charge in [-0.3, -0.25) is 4.79 Å². The fourth-order valence-corrected chi connectivity index (χ4v) is 1.51. The molecule has 1 rings (SSSR count). The van der Waals surface area contributed by atoms with Crippen LogP contribution in [0.3, 0.4) is 0 Å². The SMILES string of the molecule is C=CCN1CC(=O)N=C1SC. The lowest BCUT2D eigenvalue weighted by atomic mass is 10.5. The third-order valence-electron chi connectivity index (χ3n) is 1.35. The number of thioether (sulfide) groups is 1. The van der Waals surface area contributed by atoms with E-state index in [0.717, 1.165) is 5.17 Å². The molecule has 0 spiro atoms.